The predicted octanol–water partition coefficient (Wildman–Crippen LogP) is 2.72. The maximum absolute atomic E-state index is 10.7. The SMILES string of the molecule is CC(=CCSc1ccccc1[N+](=O)[O-])C(=O)O. The average molecular weight is 253 g/mol. The Hall–Kier alpha value is -1.82. The van der Waals surface area contributed by atoms with E-state index in [1.807, 2.05) is 0 Å². The van der Waals surface area contributed by atoms with Crippen molar-refractivity contribution in [2.75, 3.05) is 5.75 Å². The number of nitrogens with zero attached hydrogens (tertiary/aromatic N) is 1. The quantitative estimate of drug-likeness (QED) is 0.377. The van der Waals surface area contributed by atoms with Crippen molar-refractivity contribution in [3.8, 4) is 0 Å². The molecule has 0 amide bonds. The minimum absolute atomic E-state index is 0.0406. The van der Waals surface area contributed by atoms with Crippen LogP contribution in [0.5, 0.6) is 0 Å². The minimum Gasteiger partial charge on any atom is -0.478 e. The van der Waals surface area contributed by atoms with Crippen molar-refractivity contribution in [3.63, 3.8) is 0 Å². The van der Waals surface area contributed by atoms with Crippen molar-refractivity contribution in [2.24, 2.45) is 0 Å². The molecule has 1 N–H and O–H groups in total. The fraction of sp³-hybridized carbons (Fsp3) is 0.182. The summed E-state index contributed by atoms with van der Waals surface area (Å²) in [5.74, 6) is -0.587. The van der Waals surface area contributed by atoms with Crippen LogP contribution in [-0.2, 0) is 4.79 Å². The molecule has 90 valence electrons. The summed E-state index contributed by atoms with van der Waals surface area (Å²) in [6.07, 6.45) is 1.53. The predicted molar refractivity (Wildman–Crippen MR) is 65.2 cm³/mol. The van der Waals surface area contributed by atoms with E-state index in [0.29, 0.717) is 10.6 Å². The molecule has 0 fully saturated rings. The topological polar surface area (TPSA) is 80.4 Å². The van der Waals surface area contributed by atoms with Gasteiger partial charge in [-0.3, -0.25) is 10.1 Å². The van der Waals surface area contributed by atoms with Gasteiger partial charge in [0.15, 0.2) is 0 Å². The molecule has 0 unspecified atom stereocenters. The molecule has 0 atom stereocenters. The van der Waals surface area contributed by atoms with E-state index in [4.69, 9.17) is 5.11 Å². The molecule has 1 aromatic carbocycles. The third-order valence-electron chi connectivity index (χ3n) is 2.03. The van der Waals surface area contributed by atoms with Gasteiger partial charge in [-0.15, -0.1) is 11.8 Å². The van der Waals surface area contributed by atoms with E-state index in [0.717, 1.165) is 0 Å². The lowest BCUT2D eigenvalue weighted by atomic mass is 10.3. The van der Waals surface area contributed by atoms with Crippen LogP contribution in [0.2, 0.25) is 0 Å². The molecule has 17 heavy (non-hydrogen) atoms. The molecule has 0 aliphatic heterocycles. The Bertz CT molecular complexity index is 470. The van der Waals surface area contributed by atoms with E-state index in [1.54, 1.807) is 18.2 Å². The molecule has 1 rings (SSSR count). The van der Waals surface area contributed by atoms with Gasteiger partial charge in [-0.2, -0.15) is 0 Å². The second-order valence-corrected chi connectivity index (χ2v) is 4.29. The van der Waals surface area contributed by atoms with Crippen molar-refractivity contribution in [1.29, 1.82) is 0 Å². The second-order valence-electron chi connectivity index (χ2n) is 3.23. The van der Waals surface area contributed by atoms with Crippen LogP contribution in [0, 0.1) is 10.1 Å². The number of carbonyl (C=O) groups is 1. The highest BCUT2D eigenvalue weighted by Gasteiger charge is 2.11. The fourth-order valence-corrected chi connectivity index (χ4v) is 2.05. The van der Waals surface area contributed by atoms with Crippen LogP contribution >= 0.6 is 11.8 Å². The third kappa shape index (κ3) is 3.92. The number of hydrogen-bond donors (Lipinski definition) is 1. The number of thioether (sulfide) groups is 1. The first-order valence-electron chi connectivity index (χ1n) is 4.78. The zero-order chi connectivity index (χ0) is 12.8. The van der Waals surface area contributed by atoms with Gasteiger partial charge in [-0.1, -0.05) is 18.2 Å². The van der Waals surface area contributed by atoms with Gasteiger partial charge < -0.3 is 5.11 Å². The molecule has 0 bridgehead atoms. The third-order valence-corrected chi connectivity index (χ3v) is 3.02. The van der Waals surface area contributed by atoms with Crippen LogP contribution < -0.4 is 0 Å². The van der Waals surface area contributed by atoms with Gasteiger partial charge in [0.05, 0.1) is 9.82 Å². The Morgan fingerprint density at radius 3 is 2.76 bits per heavy atom. The second kappa shape index (κ2) is 6.05. The number of benzene rings is 1. The number of para-hydroxylation sites is 1. The molecule has 1 aromatic rings. The van der Waals surface area contributed by atoms with Gasteiger partial charge in [-0.05, 0) is 13.0 Å². The Morgan fingerprint density at radius 1 is 1.53 bits per heavy atom. The molecular formula is C11H11NO4S. The summed E-state index contributed by atoms with van der Waals surface area (Å²) in [6, 6.07) is 6.38. The highest BCUT2D eigenvalue weighted by molar-refractivity contribution is 7.99. The number of carboxylic acid groups (broad SMARTS) is 1. The van der Waals surface area contributed by atoms with Gasteiger partial charge in [0.2, 0.25) is 0 Å². The summed E-state index contributed by atoms with van der Waals surface area (Å²) in [7, 11) is 0. The summed E-state index contributed by atoms with van der Waals surface area (Å²) in [5, 5.41) is 19.3. The normalized spacial score (nSPS) is 11.2. The molecule has 0 heterocycles. The summed E-state index contributed by atoms with van der Waals surface area (Å²) in [4.78, 5) is 21.3. The highest BCUT2D eigenvalue weighted by Crippen LogP contribution is 2.28. The minimum atomic E-state index is -0.979. The number of aliphatic carboxylic acids is 1. The molecule has 0 saturated heterocycles. The molecule has 6 heteroatoms. The number of hydrogen-bond acceptors (Lipinski definition) is 4. The molecule has 0 radical (unpaired) electrons. The zero-order valence-electron chi connectivity index (χ0n) is 9.12. The number of nitro benzene ring substituents is 1. The fourth-order valence-electron chi connectivity index (χ4n) is 1.07. The first-order valence-corrected chi connectivity index (χ1v) is 5.77. The molecule has 0 spiro atoms. The monoisotopic (exact) mass is 253 g/mol. The van der Waals surface area contributed by atoms with Crippen molar-refractivity contribution in [2.45, 2.75) is 11.8 Å². The lowest BCUT2D eigenvalue weighted by molar-refractivity contribution is -0.387. The van der Waals surface area contributed by atoms with Crippen LogP contribution in [0.15, 0.2) is 40.8 Å². The Labute approximate surface area is 102 Å². The van der Waals surface area contributed by atoms with Gasteiger partial charge >= 0.3 is 5.97 Å². The largest absolute Gasteiger partial charge is 0.478 e. The van der Waals surface area contributed by atoms with Crippen LogP contribution in [0.25, 0.3) is 0 Å². The highest BCUT2D eigenvalue weighted by atomic mass is 32.2. The van der Waals surface area contributed by atoms with Gasteiger partial charge in [0.1, 0.15) is 0 Å². The molecule has 0 aromatic heterocycles. The van der Waals surface area contributed by atoms with Crippen molar-refractivity contribution >= 4 is 23.4 Å². The zero-order valence-corrected chi connectivity index (χ0v) is 9.94. The number of nitro groups is 1. The molecule has 0 saturated carbocycles. The Morgan fingerprint density at radius 2 is 2.18 bits per heavy atom. The van der Waals surface area contributed by atoms with E-state index >= 15 is 0 Å². The molecule has 5 nitrogen and oxygen atoms in total. The molecule has 0 aliphatic carbocycles. The van der Waals surface area contributed by atoms with E-state index < -0.39 is 10.9 Å². The first kappa shape index (κ1) is 13.2. The molecule has 0 aliphatic rings. The van der Waals surface area contributed by atoms with Gasteiger partial charge in [0, 0.05) is 17.4 Å². The standard InChI is InChI=1S/C11H11NO4S/c1-8(11(13)14)6-7-17-10-5-3-2-4-9(10)12(15)16/h2-6H,7H2,1H3,(H,13,14). The smallest absolute Gasteiger partial charge is 0.330 e. The average Bonchev–Trinajstić information content (AvgIpc) is 2.29. The maximum atomic E-state index is 10.7. The van der Waals surface area contributed by atoms with E-state index in [2.05, 4.69) is 0 Å². The van der Waals surface area contributed by atoms with Crippen molar-refractivity contribution < 1.29 is 14.8 Å². The Balaban J connectivity index is 2.73. The summed E-state index contributed by atoms with van der Waals surface area (Å²) in [5.41, 5.74) is 0.273. The van der Waals surface area contributed by atoms with E-state index in [9.17, 15) is 14.9 Å². The Kier molecular flexibility index (Phi) is 4.71. The van der Waals surface area contributed by atoms with E-state index in [1.165, 1.54) is 30.8 Å². The van der Waals surface area contributed by atoms with Crippen LogP contribution in [0.4, 0.5) is 5.69 Å². The number of rotatable bonds is 5. The summed E-state index contributed by atoms with van der Waals surface area (Å²) < 4.78 is 0. The van der Waals surface area contributed by atoms with Crippen LogP contribution in [0.1, 0.15) is 6.92 Å². The summed E-state index contributed by atoms with van der Waals surface area (Å²) >= 11 is 1.24. The van der Waals surface area contributed by atoms with Gasteiger partial charge in [0.25, 0.3) is 5.69 Å². The maximum Gasteiger partial charge on any atom is 0.330 e. The van der Waals surface area contributed by atoms with Crippen LogP contribution in [0.3, 0.4) is 0 Å². The van der Waals surface area contributed by atoms with Gasteiger partial charge in [-0.25, -0.2) is 4.79 Å². The lowest BCUT2D eigenvalue weighted by Gasteiger charge is -2.00. The molecular weight excluding hydrogens is 242 g/mol. The summed E-state index contributed by atoms with van der Waals surface area (Å²) in [6.45, 7) is 1.49. The first-order chi connectivity index (χ1) is 8.02. The van der Waals surface area contributed by atoms with E-state index in [-0.39, 0.29) is 11.3 Å². The lowest BCUT2D eigenvalue weighted by Crippen LogP contribution is -1.96. The number of carboxylic acids is 1. The van der Waals surface area contributed by atoms with Crippen LogP contribution in [-0.4, -0.2) is 21.8 Å². The van der Waals surface area contributed by atoms with Crippen molar-refractivity contribution in [3.05, 3.63) is 46.0 Å². The van der Waals surface area contributed by atoms with Crippen molar-refractivity contribution in [1.82, 2.24) is 0 Å².